The third-order valence-electron chi connectivity index (χ3n) is 3.71. The first-order valence-corrected chi connectivity index (χ1v) is 7.80. The van der Waals surface area contributed by atoms with Crippen molar-refractivity contribution in [3.8, 4) is 0 Å². The van der Waals surface area contributed by atoms with Crippen LogP contribution in [0.5, 0.6) is 0 Å². The van der Waals surface area contributed by atoms with Crippen LogP contribution in [0.25, 0.3) is 0 Å². The minimum absolute atomic E-state index is 0.119. The minimum Gasteiger partial charge on any atom is -0.448 e. The lowest BCUT2D eigenvalue weighted by Gasteiger charge is -2.21. The average molecular weight is 346 g/mol. The van der Waals surface area contributed by atoms with Crippen LogP contribution < -0.4 is 15.1 Å². The Morgan fingerprint density at radius 3 is 2.62 bits per heavy atom. The van der Waals surface area contributed by atoms with E-state index in [1.807, 2.05) is 0 Å². The molecule has 2 aromatic rings. The van der Waals surface area contributed by atoms with Gasteiger partial charge in [-0.3, -0.25) is 9.69 Å². The highest BCUT2D eigenvalue weighted by Gasteiger charge is 2.22. The van der Waals surface area contributed by atoms with Crippen LogP contribution in [0, 0.1) is 0 Å². The van der Waals surface area contributed by atoms with Gasteiger partial charge in [-0.25, -0.2) is 4.79 Å². The summed E-state index contributed by atoms with van der Waals surface area (Å²) in [6, 6.07) is 10.4. The molecule has 2 heterocycles. The molecule has 0 radical (unpaired) electrons. The zero-order valence-electron chi connectivity index (χ0n) is 12.9. The van der Waals surface area contributed by atoms with E-state index >= 15 is 0 Å². The van der Waals surface area contributed by atoms with Gasteiger partial charge in [-0.15, -0.1) is 0 Å². The van der Waals surface area contributed by atoms with Crippen LogP contribution in [-0.2, 0) is 11.3 Å². The normalized spacial score (nSPS) is 13.7. The molecule has 1 N–H and O–H groups in total. The number of rotatable bonds is 5. The highest BCUT2D eigenvalue weighted by atomic mass is 35.5. The molecule has 0 spiro atoms. The predicted molar refractivity (Wildman–Crippen MR) is 92.3 cm³/mol. The van der Waals surface area contributed by atoms with Crippen molar-refractivity contribution in [1.82, 2.24) is 5.32 Å². The molecular formula is C17H16ClN3O3. The van der Waals surface area contributed by atoms with Gasteiger partial charge in [-0.05, 0) is 54.1 Å². The number of amides is 3. The first kappa shape index (κ1) is 16.1. The molecule has 3 amide bonds. The predicted octanol–water partition coefficient (Wildman–Crippen LogP) is 3.18. The number of halogens is 1. The summed E-state index contributed by atoms with van der Waals surface area (Å²) in [5.41, 5.74) is 1.46. The fourth-order valence-corrected chi connectivity index (χ4v) is 2.69. The molecule has 1 fully saturated rings. The van der Waals surface area contributed by atoms with Crippen molar-refractivity contribution in [2.75, 3.05) is 22.9 Å². The van der Waals surface area contributed by atoms with Crippen molar-refractivity contribution in [3.05, 3.63) is 60.0 Å². The molecular weight excluding hydrogens is 330 g/mol. The molecule has 3 rings (SSSR count). The number of anilines is 2. The molecule has 24 heavy (non-hydrogen) atoms. The second kappa shape index (κ2) is 6.80. The first-order chi connectivity index (χ1) is 11.6. The number of furan rings is 1. The Bertz CT molecular complexity index is 770. The Labute approximate surface area is 144 Å². The number of carbonyl (C=O) groups excluding carboxylic acids is 2. The van der Waals surface area contributed by atoms with E-state index in [1.165, 1.54) is 11.0 Å². The van der Waals surface area contributed by atoms with Gasteiger partial charge in [-0.2, -0.15) is 0 Å². The van der Waals surface area contributed by atoms with Crippen molar-refractivity contribution in [1.29, 1.82) is 0 Å². The summed E-state index contributed by atoms with van der Waals surface area (Å²) >= 11 is 5.78. The van der Waals surface area contributed by atoms with E-state index in [2.05, 4.69) is 11.9 Å². The molecule has 6 nitrogen and oxygen atoms in total. The zero-order chi connectivity index (χ0) is 17.1. The van der Waals surface area contributed by atoms with E-state index < -0.39 is 0 Å². The third kappa shape index (κ3) is 3.28. The highest BCUT2D eigenvalue weighted by Crippen LogP contribution is 2.24. The van der Waals surface area contributed by atoms with E-state index in [4.69, 9.17) is 16.0 Å². The SMILES string of the molecule is C=CC(=O)N(Cc1ccc(Cl)o1)c1ccc(N2CCNC2=O)cc1. The molecule has 1 aliphatic rings. The summed E-state index contributed by atoms with van der Waals surface area (Å²) < 4.78 is 5.33. The Morgan fingerprint density at radius 1 is 1.33 bits per heavy atom. The largest absolute Gasteiger partial charge is 0.448 e. The molecule has 0 aliphatic carbocycles. The van der Waals surface area contributed by atoms with Gasteiger partial charge in [-0.1, -0.05) is 6.58 Å². The molecule has 1 aliphatic heterocycles. The van der Waals surface area contributed by atoms with Crippen LogP contribution in [-0.4, -0.2) is 25.0 Å². The Kier molecular flexibility index (Phi) is 4.57. The molecule has 7 heteroatoms. The Hall–Kier alpha value is -2.73. The Balaban J connectivity index is 1.83. The van der Waals surface area contributed by atoms with Crippen LogP contribution in [0.15, 0.2) is 53.5 Å². The van der Waals surface area contributed by atoms with E-state index in [9.17, 15) is 9.59 Å². The maximum absolute atomic E-state index is 12.2. The maximum Gasteiger partial charge on any atom is 0.321 e. The number of nitrogens with zero attached hydrogens (tertiary/aromatic N) is 2. The second-order valence-corrected chi connectivity index (χ2v) is 5.61. The van der Waals surface area contributed by atoms with Crippen molar-refractivity contribution >= 4 is 34.9 Å². The second-order valence-electron chi connectivity index (χ2n) is 5.23. The summed E-state index contributed by atoms with van der Waals surface area (Å²) in [5, 5.41) is 3.02. The highest BCUT2D eigenvalue weighted by molar-refractivity contribution is 6.28. The van der Waals surface area contributed by atoms with Crippen LogP contribution in [0.2, 0.25) is 5.22 Å². The number of nitrogens with one attached hydrogen (secondary N) is 1. The Morgan fingerprint density at radius 2 is 2.08 bits per heavy atom. The van der Waals surface area contributed by atoms with E-state index in [1.54, 1.807) is 41.3 Å². The van der Waals surface area contributed by atoms with Gasteiger partial charge >= 0.3 is 6.03 Å². The van der Waals surface area contributed by atoms with Gasteiger partial charge in [0, 0.05) is 24.5 Å². The smallest absolute Gasteiger partial charge is 0.321 e. The molecule has 0 bridgehead atoms. The summed E-state index contributed by atoms with van der Waals surface area (Å²) in [7, 11) is 0. The molecule has 0 atom stereocenters. The standard InChI is InChI=1S/C17H16ClN3O3/c1-2-16(22)21(11-14-7-8-15(18)24-14)13-5-3-12(4-6-13)20-10-9-19-17(20)23/h2-8H,1,9-11H2,(H,19,23). The zero-order valence-corrected chi connectivity index (χ0v) is 13.6. The fraction of sp³-hybridized carbons (Fsp3) is 0.176. The average Bonchev–Trinajstić information content (AvgIpc) is 3.20. The molecule has 0 unspecified atom stereocenters. The van der Waals surface area contributed by atoms with Crippen molar-refractivity contribution in [3.63, 3.8) is 0 Å². The van der Waals surface area contributed by atoms with Gasteiger partial charge in [0.25, 0.3) is 5.91 Å². The van der Waals surface area contributed by atoms with Crippen LogP contribution in [0.3, 0.4) is 0 Å². The lowest BCUT2D eigenvalue weighted by atomic mass is 10.2. The minimum atomic E-state index is -0.255. The van der Waals surface area contributed by atoms with E-state index in [-0.39, 0.29) is 23.7 Å². The topological polar surface area (TPSA) is 65.8 Å². The molecule has 124 valence electrons. The van der Waals surface area contributed by atoms with E-state index in [0.717, 1.165) is 5.69 Å². The summed E-state index contributed by atoms with van der Waals surface area (Å²) in [4.78, 5) is 27.1. The lowest BCUT2D eigenvalue weighted by molar-refractivity contribution is -0.114. The van der Waals surface area contributed by atoms with Gasteiger partial charge in [0.05, 0.1) is 6.54 Å². The molecule has 1 aromatic carbocycles. The number of hydrogen-bond acceptors (Lipinski definition) is 3. The van der Waals surface area contributed by atoms with Crippen molar-refractivity contribution in [2.45, 2.75) is 6.54 Å². The number of carbonyl (C=O) groups is 2. The van der Waals surface area contributed by atoms with Gasteiger partial charge in [0.2, 0.25) is 0 Å². The summed E-state index contributed by atoms with van der Waals surface area (Å²) in [5.74, 6) is 0.312. The molecule has 0 saturated carbocycles. The van der Waals surface area contributed by atoms with Crippen molar-refractivity contribution in [2.24, 2.45) is 0 Å². The number of benzene rings is 1. The lowest BCUT2D eigenvalue weighted by Crippen LogP contribution is -2.29. The molecule has 1 aromatic heterocycles. The van der Waals surface area contributed by atoms with Gasteiger partial charge in [0.1, 0.15) is 5.76 Å². The van der Waals surface area contributed by atoms with Crippen LogP contribution in [0.4, 0.5) is 16.2 Å². The van der Waals surface area contributed by atoms with E-state index in [0.29, 0.717) is 24.5 Å². The van der Waals surface area contributed by atoms with Crippen molar-refractivity contribution < 1.29 is 14.0 Å². The first-order valence-electron chi connectivity index (χ1n) is 7.42. The van der Waals surface area contributed by atoms with Gasteiger partial charge < -0.3 is 14.6 Å². The number of urea groups is 1. The molecule has 1 saturated heterocycles. The number of hydrogen-bond donors (Lipinski definition) is 1. The third-order valence-corrected chi connectivity index (χ3v) is 3.92. The quantitative estimate of drug-likeness (QED) is 0.846. The monoisotopic (exact) mass is 345 g/mol. The fourth-order valence-electron chi connectivity index (χ4n) is 2.53. The summed E-state index contributed by atoms with van der Waals surface area (Å²) in [6.07, 6.45) is 1.24. The van der Waals surface area contributed by atoms with Crippen LogP contribution in [0.1, 0.15) is 5.76 Å². The maximum atomic E-state index is 12.2. The summed E-state index contributed by atoms with van der Waals surface area (Å²) in [6.45, 7) is 5.02. The van der Waals surface area contributed by atoms with Gasteiger partial charge in [0.15, 0.2) is 5.22 Å². The van der Waals surface area contributed by atoms with Crippen LogP contribution >= 0.6 is 11.6 Å².